The number of nitrogens with zero attached hydrogens (tertiary/aromatic N) is 2. The number of benzene rings is 1. The van der Waals surface area contributed by atoms with E-state index in [1.54, 1.807) is 49.8 Å². The highest BCUT2D eigenvalue weighted by Crippen LogP contribution is 2.44. The van der Waals surface area contributed by atoms with Crippen molar-refractivity contribution in [2.24, 2.45) is 11.0 Å². The minimum absolute atomic E-state index is 0.0297. The molecule has 2 aromatic heterocycles. The molecule has 0 bridgehead atoms. The van der Waals surface area contributed by atoms with Crippen molar-refractivity contribution >= 4 is 35.3 Å². The Bertz CT molecular complexity index is 1260. The van der Waals surface area contributed by atoms with Crippen LogP contribution in [0.3, 0.4) is 0 Å². The van der Waals surface area contributed by atoms with Gasteiger partial charge in [-0.1, -0.05) is 11.6 Å². The number of carbonyl (C=O) groups excluding carboxylic acids is 2. The highest BCUT2D eigenvalue weighted by Gasteiger charge is 2.45. The Labute approximate surface area is 213 Å². The Hall–Kier alpha value is -3.78. The van der Waals surface area contributed by atoms with E-state index >= 15 is 0 Å². The van der Waals surface area contributed by atoms with E-state index < -0.39 is 30.6 Å². The van der Waals surface area contributed by atoms with Crippen LogP contribution in [0, 0.1) is 5.92 Å². The number of hydrazone groups is 1. The fourth-order valence-electron chi connectivity index (χ4n) is 4.57. The molecule has 36 heavy (non-hydrogen) atoms. The lowest BCUT2D eigenvalue weighted by atomic mass is 9.79. The molecule has 3 aromatic rings. The minimum atomic E-state index is -0.907. The summed E-state index contributed by atoms with van der Waals surface area (Å²) in [5.41, 5.74) is 1.85. The molecule has 2 aliphatic rings. The van der Waals surface area contributed by atoms with Crippen LogP contribution < -0.4 is 4.74 Å². The molecule has 8 nitrogen and oxygen atoms in total. The van der Waals surface area contributed by atoms with Crippen molar-refractivity contribution in [2.45, 2.75) is 38.3 Å². The predicted octanol–water partition coefficient (Wildman–Crippen LogP) is 5.66. The van der Waals surface area contributed by atoms with Gasteiger partial charge in [0.05, 0.1) is 18.2 Å². The Morgan fingerprint density at radius 1 is 1.17 bits per heavy atom. The molecule has 1 fully saturated rings. The number of ether oxygens (including phenoxy) is 2. The monoisotopic (exact) mass is 508 g/mol. The summed E-state index contributed by atoms with van der Waals surface area (Å²) in [6.45, 7) is 1.09. The lowest BCUT2D eigenvalue weighted by Crippen LogP contribution is -2.36. The fourth-order valence-corrected chi connectivity index (χ4v) is 4.70. The van der Waals surface area contributed by atoms with Gasteiger partial charge in [-0.2, -0.15) is 5.10 Å². The number of hydrogen-bond acceptors (Lipinski definition) is 7. The Kier molecular flexibility index (Phi) is 6.95. The molecule has 3 atom stereocenters. The van der Waals surface area contributed by atoms with Gasteiger partial charge in [0, 0.05) is 10.9 Å². The molecule has 1 amide bonds. The van der Waals surface area contributed by atoms with E-state index in [0.29, 0.717) is 16.5 Å². The van der Waals surface area contributed by atoms with Crippen molar-refractivity contribution in [3.05, 3.63) is 83.2 Å². The zero-order valence-corrected chi connectivity index (χ0v) is 20.4. The van der Waals surface area contributed by atoms with Crippen LogP contribution in [0.2, 0.25) is 5.02 Å². The zero-order chi connectivity index (χ0) is 25.1. The van der Waals surface area contributed by atoms with Crippen LogP contribution in [-0.2, 0) is 14.3 Å². The maximum absolute atomic E-state index is 13.2. The molecule has 1 aromatic carbocycles. The summed E-state index contributed by atoms with van der Waals surface area (Å²) in [5.74, 6) is 0.712. The van der Waals surface area contributed by atoms with Gasteiger partial charge < -0.3 is 18.3 Å². The van der Waals surface area contributed by atoms with Gasteiger partial charge in [0.15, 0.2) is 12.7 Å². The van der Waals surface area contributed by atoms with Crippen molar-refractivity contribution < 1.29 is 27.9 Å². The van der Waals surface area contributed by atoms with Gasteiger partial charge in [-0.15, -0.1) is 0 Å². The number of fused-ring (bicyclic) bond motifs is 1. The molecular weight excluding hydrogens is 484 g/mol. The first-order valence-corrected chi connectivity index (χ1v) is 12.1. The molecule has 1 aliphatic carbocycles. The summed E-state index contributed by atoms with van der Waals surface area (Å²) in [6.07, 6.45) is 6.89. The molecule has 3 heterocycles. The largest absolute Gasteiger partial charge is 0.479 e. The number of furan rings is 2. The highest BCUT2D eigenvalue weighted by atomic mass is 35.5. The average molecular weight is 509 g/mol. The van der Waals surface area contributed by atoms with E-state index in [4.69, 9.17) is 35.0 Å². The summed E-state index contributed by atoms with van der Waals surface area (Å²) in [4.78, 5) is 25.8. The van der Waals surface area contributed by atoms with E-state index in [1.807, 2.05) is 24.3 Å². The Morgan fingerprint density at radius 2 is 1.94 bits per heavy atom. The van der Waals surface area contributed by atoms with Crippen molar-refractivity contribution in [2.75, 3.05) is 6.61 Å². The van der Waals surface area contributed by atoms with Crippen LogP contribution >= 0.6 is 11.6 Å². The maximum atomic E-state index is 13.2. The first kappa shape index (κ1) is 23.9. The quantitative estimate of drug-likeness (QED) is 0.382. The van der Waals surface area contributed by atoms with E-state index in [9.17, 15) is 9.59 Å². The standard InChI is InChI=1S/C27H25ClN2O6/c1-17(36-20-11-9-19(28)10-12-20)27(32)35-16-24(31)30-26(23-8-4-14-34-23)22-7-2-5-18(25(22)29-30)15-21-6-3-13-33-21/h3-4,6,8-15,17,22,26H,2,5,7,16H2,1H3. The van der Waals surface area contributed by atoms with Crippen LogP contribution in [0.5, 0.6) is 5.75 Å². The van der Waals surface area contributed by atoms with E-state index in [0.717, 1.165) is 36.3 Å². The summed E-state index contributed by atoms with van der Waals surface area (Å²) in [6, 6.07) is 13.5. The second-order valence-electron chi connectivity index (χ2n) is 8.69. The maximum Gasteiger partial charge on any atom is 0.347 e. The number of halogens is 1. The molecule has 0 saturated heterocycles. The third-order valence-electron chi connectivity index (χ3n) is 6.25. The lowest BCUT2D eigenvalue weighted by molar-refractivity contribution is -0.158. The number of rotatable bonds is 7. The second kappa shape index (κ2) is 10.5. The number of carbonyl (C=O) groups is 2. The number of amides is 1. The molecule has 0 radical (unpaired) electrons. The minimum Gasteiger partial charge on any atom is -0.479 e. The number of allylic oxidation sites excluding steroid dienone is 1. The van der Waals surface area contributed by atoms with Crippen molar-refractivity contribution in [3.63, 3.8) is 0 Å². The Balaban J connectivity index is 1.31. The normalized spacial score (nSPS) is 21.1. The van der Waals surface area contributed by atoms with Crippen molar-refractivity contribution in [3.8, 4) is 5.75 Å². The average Bonchev–Trinajstić information content (AvgIpc) is 3.64. The lowest BCUT2D eigenvalue weighted by Gasteiger charge is -2.27. The van der Waals surface area contributed by atoms with E-state index in [-0.39, 0.29) is 5.92 Å². The summed E-state index contributed by atoms with van der Waals surface area (Å²) >= 11 is 5.88. The third-order valence-corrected chi connectivity index (χ3v) is 6.50. The molecule has 5 rings (SSSR count). The number of hydrogen-bond donors (Lipinski definition) is 0. The van der Waals surface area contributed by atoms with Gasteiger partial charge in [-0.05, 0) is 86.4 Å². The second-order valence-corrected chi connectivity index (χ2v) is 9.13. The highest BCUT2D eigenvalue weighted by molar-refractivity contribution is 6.30. The van der Waals surface area contributed by atoms with Crippen LogP contribution in [0.1, 0.15) is 43.7 Å². The molecular formula is C27H25ClN2O6. The summed E-state index contributed by atoms with van der Waals surface area (Å²) < 4.78 is 22.1. The Morgan fingerprint density at radius 3 is 2.67 bits per heavy atom. The molecule has 1 saturated carbocycles. The molecule has 0 N–H and O–H groups in total. The predicted molar refractivity (Wildman–Crippen MR) is 132 cm³/mol. The van der Waals surface area contributed by atoms with Crippen molar-refractivity contribution in [1.29, 1.82) is 0 Å². The molecule has 3 unspecified atom stereocenters. The van der Waals surface area contributed by atoms with Crippen LogP contribution in [-0.4, -0.2) is 35.3 Å². The first-order chi connectivity index (χ1) is 17.5. The topological polar surface area (TPSA) is 94.5 Å². The van der Waals surface area contributed by atoms with Crippen LogP contribution in [0.4, 0.5) is 0 Å². The van der Waals surface area contributed by atoms with Crippen molar-refractivity contribution in [1.82, 2.24) is 5.01 Å². The van der Waals surface area contributed by atoms with Gasteiger partial charge in [-0.25, -0.2) is 9.80 Å². The van der Waals surface area contributed by atoms with Gasteiger partial charge in [0.1, 0.15) is 23.3 Å². The van der Waals surface area contributed by atoms with Gasteiger partial charge in [-0.3, -0.25) is 4.79 Å². The van der Waals surface area contributed by atoms with E-state index in [2.05, 4.69) is 0 Å². The first-order valence-electron chi connectivity index (χ1n) is 11.8. The number of esters is 1. The molecule has 186 valence electrons. The summed E-state index contributed by atoms with van der Waals surface area (Å²) in [7, 11) is 0. The fraction of sp³-hybridized carbons (Fsp3) is 0.296. The van der Waals surface area contributed by atoms with Crippen LogP contribution in [0.15, 0.2) is 80.6 Å². The molecule has 1 aliphatic heterocycles. The summed E-state index contributed by atoms with van der Waals surface area (Å²) in [5, 5.41) is 6.65. The third kappa shape index (κ3) is 5.09. The van der Waals surface area contributed by atoms with Crippen LogP contribution in [0.25, 0.3) is 6.08 Å². The SMILES string of the molecule is CC(Oc1ccc(Cl)cc1)C(=O)OCC(=O)N1N=C2C(=Cc3ccco3)CCCC2C1c1ccco1. The molecule has 9 heteroatoms. The zero-order valence-electron chi connectivity index (χ0n) is 19.6. The molecule has 0 spiro atoms. The van der Waals surface area contributed by atoms with Gasteiger partial charge in [0.25, 0.3) is 5.91 Å². The van der Waals surface area contributed by atoms with Gasteiger partial charge in [0.2, 0.25) is 0 Å². The smallest absolute Gasteiger partial charge is 0.347 e. The van der Waals surface area contributed by atoms with E-state index in [1.165, 1.54) is 5.01 Å². The van der Waals surface area contributed by atoms with Gasteiger partial charge >= 0.3 is 5.97 Å².